The highest BCUT2D eigenvalue weighted by atomic mass is 79.9. The summed E-state index contributed by atoms with van der Waals surface area (Å²) in [5.41, 5.74) is 3.62. The van der Waals surface area contributed by atoms with Crippen molar-refractivity contribution in [2.24, 2.45) is 0 Å². The minimum atomic E-state index is -0.334. The molecule has 0 fully saturated rings. The first-order valence-electron chi connectivity index (χ1n) is 9.18. The number of amides is 1. The maximum absolute atomic E-state index is 12.1. The van der Waals surface area contributed by atoms with E-state index in [4.69, 9.17) is 13.7 Å². The van der Waals surface area contributed by atoms with Gasteiger partial charge in [0, 0.05) is 11.3 Å². The molecule has 1 N–H and O–H groups in total. The van der Waals surface area contributed by atoms with Crippen LogP contribution in [0.5, 0.6) is 5.75 Å². The minimum absolute atomic E-state index is 0.185. The topological polar surface area (TPSA) is 90.4 Å². The van der Waals surface area contributed by atoms with E-state index in [2.05, 4.69) is 31.4 Å². The van der Waals surface area contributed by atoms with E-state index in [0.29, 0.717) is 22.1 Å². The second-order valence-electron chi connectivity index (χ2n) is 6.63. The van der Waals surface area contributed by atoms with Crippen molar-refractivity contribution in [3.8, 4) is 17.1 Å². The summed E-state index contributed by atoms with van der Waals surface area (Å²) < 4.78 is 16.8. The number of hydrogen-bond donors (Lipinski definition) is 1. The van der Waals surface area contributed by atoms with Crippen LogP contribution in [0.25, 0.3) is 11.4 Å². The van der Waals surface area contributed by atoms with Gasteiger partial charge in [0.15, 0.2) is 17.0 Å². The third-order valence-electron chi connectivity index (χ3n) is 4.57. The molecule has 0 saturated heterocycles. The highest BCUT2D eigenvalue weighted by Gasteiger charge is 2.13. The quantitative estimate of drug-likeness (QED) is 0.400. The van der Waals surface area contributed by atoms with E-state index in [9.17, 15) is 4.79 Å². The molecule has 2 aromatic carbocycles. The summed E-state index contributed by atoms with van der Waals surface area (Å²) >= 11 is 3.18. The zero-order valence-electron chi connectivity index (χ0n) is 16.3. The van der Waals surface area contributed by atoms with E-state index in [1.807, 2.05) is 32.0 Å². The Balaban J connectivity index is 1.39. The summed E-state index contributed by atoms with van der Waals surface area (Å²) in [4.78, 5) is 16.5. The third kappa shape index (κ3) is 4.44. The van der Waals surface area contributed by atoms with E-state index in [1.165, 1.54) is 0 Å². The Morgan fingerprint density at radius 1 is 1.10 bits per heavy atom. The zero-order valence-corrected chi connectivity index (χ0v) is 17.9. The molecule has 4 aromatic rings. The van der Waals surface area contributed by atoms with Crippen LogP contribution >= 0.6 is 15.9 Å². The van der Waals surface area contributed by atoms with Gasteiger partial charge in [-0.2, -0.15) is 4.98 Å². The third-order valence-corrected chi connectivity index (χ3v) is 5.00. The molecule has 0 atom stereocenters. The van der Waals surface area contributed by atoms with Gasteiger partial charge in [-0.25, -0.2) is 0 Å². The first-order valence-corrected chi connectivity index (χ1v) is 9.97. The number of nitrogens with one attached hydrogen (secondary N) is 1. The number of aromatic nitrogens is 2. The second kappa shape index (κ2) is 8.54. The van der Waals surface area contributed by atoms with E-state index in [0.717, 1.165) is 22.4 Å². The summed E-state index contributed by atoms with van der Waals surface area (Å²) in [6, 6.07) is 16.3. The van der Waals surface area contributed by atoms with Crippen molar-refractivity contribution in [1.29, 1.82) is 0 Å². The largest absolute Gasteiger partial charge is 0.483 e. The summed E-state index contributed by atoms with van der Waals surface area (Å²) in [6.45, 7) is 4.23. The van der Waals surface area contributed by atoms with Gasteiger partial charge in [0.1, 0.15) is 5.75 Å². The van der Waals surface area contributed by atoms with Gasteiger partial charge in [0.2, 0.25) is 5.82 Å². The van der Waals surface area contributed by atoms with Gasteiger partial charge in [-0.15, -0.1) is 0 Å². The monoisotopic (exact) mass is 467 g/mol. The smallest absolute Gasteiger partial charge is 0.291 e. The molecular formula is C22H18BrN3O4. The number of carbonyl (C=O) groups is 1. The van der Waals surface area contributed by atoms with Gasteiger partial charge < -0.3 is 19.0 Å². The van der Waals surface area contributed by atoms with Crippen molar-refractivity contribution in [3.05, 3.63) is 82.0 Å². The second-order valence-corrected chi connectivity index (χ2v) is 7.42. The fourth-order valence-corrected chi connectivity index (χ4v) is 3.09. The van der Waals surface area contributed by atoms with Gasteiger partial charge in [0.25, 0.3) is 11.8 Å². The molecule has 8 heteroatoms. The normalized spacial score (nSPS) is 10.8. The fraction of sp³-hybridized carbons (Fsp3) is 0.136. The lowest BCUT2D eigenvalue weighted by molar-refractivity contribution is 0.0995. The minimum Gasteiger partial charge on any atom is -0.483 e. The number of carbonyl (C=O) groups excluding carboxylic acids is 1. The molecule has 0 bridgehead atoms. The molecule has 4 rings (SSSR count). The lowest BCUT2D eigenvalue weighted by Crippen LogP contribution is -2.10. The van der Waals surface area contributed by atoms with Crippen molar-refractivity contribution in [2.75, 3.05) is 5.32 Å². The summed E-state index contributed by atoms with van der Waals surface area (Å²) in [5, 5.41) is 6.77. The molecule has 30 heavy (non-hydrogen) atoms. The standard InChI is InChI=1S/C22H18BrN3O4/c1-13-4-3-5-17(14(13)2)28-12-20-25-21(26-30-20)15-6-8-16(9-7-15)24-22(27)18-10-11-19(23)29-18/h3-11H,12H2,1-2H3,(H,24,27). The number of furan rings is 1. The first-order chi connectivity index (χ1) is 14.5. The van der Waals surface area contributed by atoms with Gasteiger partial charge in [-0.05, 0) is 83.4 Å². The Bertz CT molecular complexity index is 1180. The number of anilines is 1. The predicted molar refractivity (Wildman–Crippen MR) is 114 cm³/mol. The fourth-order valence-electron chi connectivity index (χ4n) is 2.78. The van der Waals surface area contributed by atoms with Crippen LogP contribution in [0, 0.1) is 13.8 Å². The average Bonchev–Trinajstić information content (AvgIpc) is 3.39. The number of rotatable bonds is 6. The Morgan fingerprint density at radius 3 is 2.63 bits per heavy atom. The van der Waals surface area contributed by atoms with Gasteiger partial charge in [-0.3, -0.25) is 4.79 Å². The number of nitrogens with zero attached hydrogens (tertiary/aromatic N) is 2. The number of hydrogen-bond acceptors (Lipinski definition) is 6. The van der Waals surface area contributed by atoms with Crippen molar-refractivity contribution in [1.82, 2.24) is 10.1 Å². The number of ether oxygens (including phenoxy) is 1. The maximum atomic E-state index is 12.1. The molecule has 0 aliphatic rings. The van der Waals surface area contributed by atoms with Crippen LogP contribution < -0.4 is 10.1 Å². The zero-order chi connectivity index (χ0) is 21.1. The van der Waals surface area contributed by atoms with Gasteiger partial charge in [0.05, 0.1) is 0 Å². The van der Waals surface area contributed by atoms with Crippen LogP contribution in [-0.4, -0.2) is 16.0 Å². The molecule has 152 valence electrons. The van der Waals surface area contributed by atoms with E-state index < -0.39 is 0 Å². The molecule has 0 aliphatic heterocycles. The van der Waals surface area contributed by atoms with Crippen LogP contribution in [0.3, 0.4) is 0 Å². The highest BCUT2D eigenvalue weighted by molar-refractivity contribution is 9.10. The number of halogens is 1. The van der Waals surface area contributed by atoms with Crippen molar-refractivity contribution < 1.29 is 18.5 Å². The molecule has 7 nitrogen and oxygen atoms in total. The summed E-state index contributed by atoms with van der Waals surface area (Å²) in [5.74, 6) is 1.50. The van der Waals surface area contributed by atoms with Gasteiger partial charge in [-0.1, -0.05) is 17.3 Å². The average molecular weight is 468 g/mol. The van der Waals surface area contributed by atoms with Crippen molar-refractivity contribution in [3.63, 3.8) is 0 Å². The van der Waals surface area contributed by atoms with Crippen LogP contribution in [0.4, 0.5) is 5.69 Å². The summed E-state index contributed by atoms with van der Waals surface area (Å²) in [6.07, 6.45) is 0. The Labute approximate surface area is 181 Å². The highest BCUT2D eigenvalue weighted by Crippen LogP contribution is 2.23. The van der Waals surface area contributed by atoms with Crippen LogP contribution in [0.2, 0.25) is 0 Å². The van der Waals surface area contributed by atoms with Crippen molar-refractivity contribution >= 4 is 27.5 Å². The Kier molecular flexibility index (Phi) is 5.67. The Hall–Kier alpha value is -3.39. The molecule has 0 spiro atoms. The van der Waals surface area contributed by atoms with Crippen molar-refractivity contribution in [2.45, 2.75) is 20.5 Å². The molecule has 0 saturated carbocycles. The molecular weight excluding hydrogens is 450 g/mol. The molecule has 2 aromatic heterocycles. The molecule has 0 aliphatic carbocycles. The molecule has 2 heterocycles. The molecule has 1 amide bonds. The van der Waals surface area contributed by atoms with Crippen LogP contribution in [0.15, 0.2) is 68.2 Å². The van der Waals surface area contributed by atoms with E-state index in [-0.39, 0.29) is 18.3 Å². The SMILES string of the molecule is Cc1cccc(OCc2nc(-c3ccc(NC(=O)c4ccc(Br)o4)cc3)no2)c1C. The van der Waals surface area contributed by atoms with E-state index in [1.54, 1.807) is 36.4 Å². The predicted octanol–water partition coefficient (Wildman–Crippen LogP) is 5.54. The lowest BCUT2D eigenvalue weighted by atomic mass is 10.1. The molecule has 0 radical (unpaired) electrons. The first kappa shape index (κ1) is 19.9. The molecule has 0 unspecified atom stereocenters. The number of aryl methyl sites for hydroxylation is 1. The van der Waals surface area contributed by atoms with E-state index >= 15 is 0 Å². The van der Waals surface area contributed by atoms with Gasteiger partial charge >= 0.3 is 0 Å². The Morgan fingerprint density at radius 2 is 1.90 bits per heavy atom. The summed E-state index contributed by atoms with van der Waals surface area (Å²) in [7, 11) is 0. The maximum Gasteiger partial charge on any atom is 0.291 e. The van der Waals surface area contributed by atoms with Crippen LogP contribution in [0.1, 0.15) is 27.6 Å². The lowest BCUT2D eigenvalue weighted by Gasteiger charge is -2.08. The number of benzene rings is 2. The van der Waals surface area contributed by atoms with Crippen LogP contribution in [-0.2, 0) is 6.61 Å².